The van der Waals surface area contributed by atoms with Crippen molar-refractivity contribution in [3.63, 3.8) is 0 Å². The van der Waals surface area contributed by atoms with Crippen LogP contribution >= 0.6 is 0 Å². The molecule has 2 aliphatic rings. The van der Waals surface area contributed by atoms with Gasteiger partial charge in [0.15, 0.2) is 0 Å². The van der Waals surface area contributed by atoms with E-state index in [1.165, 1.54) is 0 Å². The molecular weight excluding hydrogens is 375 g/mol. The fourth-order valence-electron chi connectivity index (χ4n) is 4.05. The van der Waals surface area contributed by atoms with Gasteiger partial charge >= 0.3 is 7.12 Å². The SMILES string of the molecule is CN1CCN(CCCNc2cc(B3OC(C)(C)C(C)(C)O3)c3ccccc3n2)CC1. The lowest BCUT2D eigenvalue weighted by molar-refractivity contribution is 0.00578. The van der Waals surface area contributed by atoms with Gasteiger partial charge in [0, 0.05) is 38.1 Å². The van der Waals surface area contributed by atoms with E-state index in [2.05, 4.69) is 68.1 Å². The topological polar surface area (TPSA) is 49.9 Å². The Balaban J connectivity index is 1.46. The Morgan fingerprint density at radius 2 is 1.70 bits per heavy atom. The Kier molecular flexibility index (Phi) is 6.08. The third-order valence-corrected chi connectivity index (χ3v) is 6.81. The zero-order valence-electron chi connectivity index (χ0n) is 19.1. The molecular formula is C23H35BN4O2. The Morgan fingerprint density at radius 3 is 2.40 bits per heavy atom. The van der Waals surface area contributed by atoms with E-state index in [-0.39, 0.29) is 11.2 Å². The predicted octanol–water partition coefficient (Wildman–Crippen LogP) is 2.58. The van der Waals surface area contributed by atoms with E-state index >= 15 is 0 Å². The highest BCUT2D eigenvalue weighted by Gasteiger charge is 2.52. The minimum Gasteiger partial charge on any atom is -0.399 e. The smallest absolute Gasteiger partial charge is 0.399 e. The first kappa shape index (κ1) is 21.6. The molecule has 7 heteroatoms. The Morgan fingerprint density at radius 1 is 1.03 bits per heavy atom. The fraction of sp³-hybridized carbons (Fsp3) is 0.609. The molecule has 2 aromatic rings. The van der Waals surface area contributed by atoms with E-state index in [1.807, 2.05) is 12.1 Å². The maximum atomic E-state index is 6.34. The van der Waals surface area contributed by atoms with Gasteiger partial charge in [0.1, 0.15) is 5.82 Å². The number of aromatic nitrogens is 1. The molecule has 0 spiro atoms. The highest BCUT2D eigenvalue weighted by Crippen LogP contribution is 2.37. The zero-order chi connectivity index (χ0) is 21.4. The number of fused-ring (bicyclic) bond motifs is 1. The van der Waals surface area contributed by atoms with E-state index in [0.29, 0.717) is 0 Å². The van der Waals surface area contributed by atoms with Crippen molar-refractivity contribution in [2.24, 2.45) is 0 Å². The molecule has 0 unspecified atom stereocenters. The molecule has 0 saturated carbocycles. The summed E-state index contributed by atoms with van der Waals surface area (Å²) in [7, 11) is 1.80. The molecule has 1 N–H and O–H groups in total. The molecule has 3 heterocycles. The van der Waals surface area contributed by atoms with Gasteiger partial charge in [-0.2, -0.15) is 0 Å². The lowest BCUT2D eigenvalue weighted by Crippen LogP contribution is -2.44. The number of hydrogen-bond donors (Lipinski definition) is 1. The van der Waals surface area contributed by atoms with Crippen molar-refractivity contribution in [2.45, 2.75) is 45.3 Å². The number of piperazine rings is 1. The number of likely N-dealkylation sites (N-methyl/N-ethyl adjacent to an activating group) is 1. The minimum atomic E-state index is -0.395. The summed E-state index contributed by atoms with van der Waals surface area (Å²) in [6, 6.07) is 10.3. The van der Waals surface area contributed by atoms with Gasteiger partial charge < -0.3 is 24.4 Å². The molecule has 4 rings (SSSR count). The minimum absolute atomic E-state index is 0.363. The molecule has 0 atom stereocenters. The first-order valence-electron chi connectivity index (χ1n) is 11.2. The quantitative estimate of drug-likeness (QED) is 0.584. The molecule has 1 aromatic carbocycles. The average Bonchev–Trinajstić information content (AvgIpc) is 2.93. The van der Waals surface area contributed by atoms with E-state index in [9.17, 15) is 0 Å². The van der Waals surface area contributed by atoms with E-state index in [1.54, 1.807) is 0 Å². The number of anilines is 1. The summed E-state index contributed by atoms with van der Waals surface area (Å²) in [5.41, 5.74) is 1.28. The standard InChI is InChI=1S/C23H35BN4O2/c1-22(2)23(3,4)30-24(29-22)19-17-21(26-20-10-7-6-9-18(19)20)25-11-8-12-28-15-13-27(5)14-16-28/h6-7,9-10,17H,8,11-16H2,1-5H3,(H,25,26). The maximum Gasteiger partial charge on any atom is 0.495 e. The molecule has 2 aliphatic heterocycles. The highest BCUT2D eigenvalue weighted by atomic mass is 16.7. The van der Waals surface area contributed by atoms with Crippen LogP contribution < -0.4 is 10.8 Å². The van der Waals surface area contributed by atoms with Crippen LogP contribution in [0.5, 0.6) is 0 Å². The molecule has 162 valence electrons. The third-order valence-electron chi connectivity index (χ3n) is 6.81. The monoisotopic (exact) mass is 410 g/mol. The molecule has 0 radical (unpaired) electrons. The first-order chi connectivity index (χ1) is 14.2. The second-order valence-electron chi connectivity index (χ2n) is 9.63. The van der Waals surface area contributed by atoms with Crippen LogP contribution in [0.1, 0.15) is 34.1 Å². The second-order valence-corrected chi connectivity index (χ2v) is 9.63. The van der Waals surface area contributed by atoms with Crippen LogP contribution in [-0.4, -0.2) is 79.4 Å². The highest BCUT2D eigenvalue weighted by molar-refractivity contribution is 6.65. The summed E-state index contributed by atoms with van der Waals surface area (Å²) in [5, 5.41) is 4.61. The summed E-state index contributed by atoms with van der Waals surface area (Å²) < 4.78 is 12.7. The van der Waals surface area contributed by atoms with E-state index < -0.39 is 7.12 Å². The largest absolute Gasteiger partial charge is 0.495 e. The van der Waals surface area contributed by atoms with Crippen LogP contribution in [0.3, 0.4) is 0 Å². The van der Waals surface area contributed by atoms with Crippen molar-refractivity contribution in [1.82, 2.24) is 14.8 Å². The third kappa shape index (κ3) is 4.49. The Bertz CT molecular complexity index is 865. The van der Waals surface area contributed by atoms with Crippen LogP contribution in [0.25, 0.3) is 10.9 Å². The second kappa shape index (κ2) is 8.46. The normalized spacial score (nSPS) is 22.0. The molecule has 0 amide bonds. The zero-order valence-corrected chi connectivity index (χ0v) is 19.1. The first-order valence-corrected chi connectivity index (χ1v) is 11.2. The van der Waals surface area contributed by atoms with Crippen LogP contribution in [0, 0.1) is 0 Å². The number of benzene rings is 1. The molecule has 6 nitrogen and oxygen atoms in total. The molecule has 0 bridgehead atoms. The maximum absolute atomic E-state index is 6.34. The van der Waals surface area contributed by atoms with Crippen molar-refractivity contribution in [3.8, 4) is 0 Å². The van der Waals surface area contributed by atoms with Gasteiger partial charge in [0.05, 0.1) is 16.7 Å². The van der Waals surface area contributed by atoms with Crippen LogP contribution in [0.15, 0.2) is 30.3 Å². The summed E-state index contributed by atoms with van der Waals surface area (Å²) in [6.45, 7) is 15.0. The Hall–Kier alpha value is -1.67. The van der Waals surface area contributed by atoms with Gasteiger partial charge in [-0.3, -0.25) is 0 Å². The van der Waals surface area contributed by atoms with Gasteiger partial charge in [-0.1, -0.05) is 18.2 Å². The number of nitrogens with zero attached hydrogens (tertiary/aromatic N) is 3. The molecule has 1 aromatic heterocycles. The average molecular weight is 410 g/mol. The Labute approximate surface area is 181 Å². The van der Waals surface area contributed by atoms with Crippen molar-refractivity contribution in [2.75, 3.05) is 51.6 Å². The molecule has 2 fully saturated rings. The van der Waals surface area contributed by atoms with Crippen LogP contribution in [0.4, 0.5) is 5.82 Å². The predicted molar refractivity (Wildman–Crippen MR) is 125 cm³/mol. The van der Waals surface area contributed by atoms with Crippen molar-refractivity contribution in [1.29, 1.82) is 0 Å². The lowest BCUT2D eigenvalue weighted by Gasteiger charge is -2.32. The van der Waals surface area contributed by atoms with Crippen molar-refractivity contribution in [3.05, 3.63) is 30.3 Å². The summed E-state index contributed by atoms with van der Waals surface area (Å²) in [5.74, 6) is 0.886. The molecule has 0 aliphatic carbocycles. The van der Waals surface area contributed by atoms with Crippen LogP contribution in [0.2, 0.25) is 0 Å². The van der Waals surface area contributed by atoms with Gasteiger partial charge in [-0.15, -0.1) is 0 Å². The lowest BCUT2D eigenvalue weighted by atomic mass is 9.77. The number of hydrogen-bond acceptors (Lipinski definition) is 6. The van der Waals surface area contributed by atoms with Gasteiger partial charge in [0.2, 0.25) is 0 Å². The molecule has 30 heavy (non-hydrogen) atoms. The number of pyridine rings is 1. The van der Waals surface area contributed by atoms with Crippen LogP contribution in [-0.2, 0) is 9.31 Å². The molecule has 2 saturated heterocycles. The number of para-hydroxylation sites is 1. The van der Waals surface area contributed by atoms with Gasteiger partial charge in [0.25, 0.3) is 0 Å². The van der Waals surface area contributed by atoms with Gasteiger partial charge in [-0.05, 0) is 65.3 Å². The number of nitrogens with one attached hydrogen (secondary N) is 1. The van der Waals surface area contributed by atoms with E-state index in [4.69, 9.17) is 14.3 Å². The van der Waals surface area contributed by atoms with Crippen molar-refractivity contribution < 1.29 is 9.31 Å². The number of rotatable bonds is 6. The summed E-state index contributed by atoms with van der Waals surface area (Å²) >= 11 is 0. The fourth-order valence-corrected chi connectivity index (χ4v) is 4.05. The summed E-state index contributed by atoms with van der Waals surface area (Å²) in [6.07, 6.45) is 1.10. The van der Waals surface area contributed by atoms with Gasteiger partial charge in [-0.25, -0.2) is 4.98 Å². The summed E-state index contributed by atoms with van der Waals surface area (Å²) in [4.78, 5) is 9.77. The van der Waals surface area contributed by atoms with Crippen molar-refractivity contribution >= 4 is 29.3 Å². The van der Waals surface area contributed by atoms with E-state index in [0.717, 1.165) is 67.9 Å².